The summed E-state index contributed by atoms with van der Waals surface area (Å²) in [5.41, 5.74) is 6.08. The molecule has 0 aromatic rings. The van der Waals surface area contributed by atoms with Crippen molar-refractivity contribution in [2.75, 3.05) is 7.05 Å². The van der Waals surface area contributed by atoms with Gasteiger partial charge in [0, 0.05) is 17.6 Å². The molecule has 2 heteroatoms. The van der Waals surface area contributed by atoms with Crippen molar-refractivity contribution in [3.05, 3.63) is 0 Å². The van der Waals surface area contributed by atoms with E-state index in [9.17, 15) is 0 Å². The number of hydrogen-bond donors (Lipinski definition) is 1. The molecule has 0 aliphatic rings. The maximum absolute atomic E-state index is 5.79. The molecule has 2 atom stereocenters. The van der Waals surface area contributed by atoms with Gasteiger partial charge in [-0.25, -0.2) is 0 Å². The van der Waals surface area contributed by atoms with Crippen LogP contribution in [0.1, 0.15) is 47.5 Å². The van der Waals surface area contributed by atoms with Crippen molar-refractivity contribution in [3.8, 4) is 0 Å². The maximum atomic E-state index is 5.79. The van der Waals surface area contributed by atoms with Crippen LogP contribution in [0.3, 0.4) is 0 Å². The Bertz CT molecular complexity index is 141. The highest BCUT2D eigenvalue weighted by Gasteiger charge is 2.25. The third kappa shape index (κ3) is 4.10. The minimum Gasteiger partial charge on any atom is -0.328 e. The largest absolute Gasteiger partial charge is 0.328 e. The van der Waals surface area contributed by atoms with E-state index in [1.54, 1.807) is 0 Å². The monoisotopic (exact) mass is 186 g/mol. The number of rotatable bonds is 5. The van der Waals surface area contributed by atoms with E-state index in [1.165, 1.54) is 6.42 Å². The zero-order valence-electron chi connectivity index (χ0n) is 10.1. The Morgan fingerprint density at radius 3 is 2.08 bits per heavy atom. The standard InChI is InChI=1S/C11H26N2/c1-7-11(4,5)13(6)10(3)8-9(2)12/h9-10H,7-8,12H2,1-6H3. The molecule has 0 saturated carbocycles. The molecule has 0 radical (unpaired) electrons. The van der Waals surface area contributed by atoms with Crippen molar-refractivity contribution in [1.82, 2.24) is 4.90 Å². The molecule has 80 valence electrons. The van der Waals surface area contributed by atoms with E-state index in [-0.39, 0.29) is 5.54 Å². The second-order valence-electron chi connectivity index (χ2n) is 4.84. The van der Waals surface area contributed by atoms with E-state index >= 15 is 0 Å². The van der Waals surface area contributed by atoms with E-state index in [0.717, 1.165) is 6.42 Å². The highest BCUT2D eigenvalue weighted by Crippen LogP contribution is 2.20. The number of nitrogens with zero attached hydrogens (tertiary/aromatic N) is 1. The van der Waals surface area contributed by atoms with Crippen molar-refractivity contribution in [2.45, 2.75) is 65.1 Å². The Morgan fingerprint density at radius 1 is 1.31 bits per heavy atom. The van der Waals surface area contributed by atoms with Gasteiger partial charge in [-0.2, -0.15) is 0 Å². The first kappa shape index (κ1) is 12.9. The molecular formula is C11H26N2. The van der Waals surface area contributed by atoms with Crippen LogP contribution in [0.15, 0.2) is 0 Å². The lowest BCUT2D eigenvalue weighted by Crippen LogP contribution is -2.47. The molecule has 0 aromatic carbocycles. The molecule has 2 unspecified atom stereocenters. The van der Waals surface area contributed by atoms with Crippen LogP contribution in [-0.2, 0) is 0 Å². The van der Waals surface area contributed by atoms with Crippen molar-refractivity contribution in [3.63, 3.8) is 0 Å². The predicted octanol–water partition coefficient (Wildman–Crippen LogP) is 2.23. The van der Waals surface area contributed by atoms with Gasteiger partial charge in [-0.3, -0.25) is 4.90 Å². The lowest BCUT2D eigenvalue weighted by molar-refractivity contribution is 0.0981. The van der Waals surface area contributed by atoms with Crippen LogP contribution in [0.25, 0.3) is 0 Å². The molecule has 2 nitrogen and oxygen atoms in total. The quantitative estimate of drug-likeness (QED) is 0.713. The third-order valence-corrected chi connectivity index (χ3v) is 3.19. The van der Waals surface area contributed by atoms with Crippen LogP contribution in [0, 0.1) is 0 Å². The van der Waals surface area contributed by atoms with Crippen LogP contribution in [0.5, 0.6) is 0 Å². The van der Waals surface area contributed by atoms with Gasteiger partial charge < -0.3 is 5.73 Å². The predicted molar refractivity (Wildman–Crippen MR) is 59.9 cm³/mol. The summed E-state index contributed by atoms with van der Waals surface area (Å²) in [5.74, 6) is 0. The lowest BCUT2D eigenvalue weighted by Gasteiger charge is -2.40. The van der Waals surface area contributed by atoms with Crippen molar-refractivity contribution in [1.29, 1.82) is 0 Å². The van der Waals surface area contributed by atoms with Gasteiger partial charge in [0.2, 0.25) is 0 Å². The summed E-state index contributed by atoms with van der Waals surface area (Å²) in [6, 6.07) is 0.861. The topological polar surface area (TPSA) is 29.3 Å². The van der Waals surface area contributed by atoms with Gasteiger partial charge in [0.15, 0.2) is 0 Å². The van der Waals surface area contributed by atoms with Gasteiger partial charge in [0.1, 0.15) is 0 Å². The molecule has 0 aliphatic carbocycles. The van der Waals surface area contributed by atoms with Gasteiger partial charge in [0.05, 0.1) is 0 Å². The first-order chi connectivity index (χ1) is 5.81. The fourth-order valence-corrected chi connectivity index (χ4v) is 1.54. The summed E-state index contributed by atoms with van der Waals surface area (Å²) in [6.45, 7) is 11.1. The van der Waals surface area contributed by atoms with Crippen LogP contribution in [0.4, 0.5) is 0 Å². The third-order valence-electron chi connectivity index (χ3n) is 3.19. The Balaban J connectivity index is 4.16. The van der Waals surface area contributed by atoms with Crippen molar-refractivity contribution >= 4 is 0 Å². The average Bonchev–Trinajstić information content (AvgIpc) is 2.01. The van der Waals surface area contributed by atoms with Gasteiger partial charge in [-0.15, -0.1) is 0 Å². The molecule has 0 spiro atoms. The average molecular weight is 186 g/mol. The highest BCUT2D eigenvalue weighted by molar-refractivity contribution is 4.82. The van der Waals surface area contributed by atoms with E-state index in [0.29, 0.717) is 12.1 Å². The molecule has 0 aromatic heterocycles. The van der Waals surface area contributed by atoms with E-state index < -0.39 is 0 Å². The van der Waals surface area contributed by atoms with Gasteiger partial charge in [-0.1, -0.05) is 6.92 Å². The van der Waals surface area contributed by atoms with E-state index in [4.69, 9.17) is 5.73 Å². The first-order valence-electron chi connectivity index (χ1n) is 5.29. The van der Waals surface area contributed by atoms with Crippen molar-refractivity contribution < 1.29 is 0 Å². The highest BCUT2D eigenvalue weighted by atomic mass is 15.2. The molecule has 0 bridgehead atoms. The summed E-state index contributed by atoms with van der Waals surface area (Å²) < 4.78 is 0. The van der Waals surface area contributed by atoms with Crippen LogP contribution in [0.2, 0.25) is 0 Å². The Morgan fingerprint density at radius 2 is 1.77 bits per heavy atom. The summed E-state index contributed by atoms with van der Waals surface area (Å²) in [7, 11) is 2.19. The molecule has 0 saturated heterocycles. The number of nitrogens with two attached hydrogens (primary N) is 1. The molecule has 2 N–H and O–H groups in total. The fourth-order valence-electron chi connectivity index (χ4n) is 1.54. The Hall–Kier alpha value is -0.0800. The zero-order valence-corrected chi connectivity index (χ0v) is 10.1. The first-order valence-corrected chi connectivity index (χ1v) is 5.29. The van der Waals surface area contributed by atoms with Gasteiger partial charge >= 0.3 is 0 Å². The maximum Gasteiger partial charge on any atom is 0.0150 e. The lowest BCUT2D eigenvalue weighted by atomic mass is 9.96. The van der Waals surface area contributed by atoms with Crippen LogP contribution < -0.4 is 5.73 Å². The minimum atomic E-state index is 0.286. The Labute approximate surface area is 83.5 Å². The van der Waals surface area contributed by atoms with Crippen molar-refractivity contribution in [2.24, 2.45) is 5.73 Å². The van der Waals surface area contributed by atoms with E-state index in [1.807, 2.05) is 0 Å². The van der Waals surface area contributed by atoms with Gasteiger partial charge in [-0.05, 0) is 47.6 Å². The molecule has 0 fully saturated rings. The minimum absolute atomic E-state index is 0.286. The zero-order chi connectivity index (χ0) is 10.6. The molecule has 0 aliphatic heterocycles. The molecule has 0 amide bonds. The summed E-state index contributed by atoms with van der Waals surface area (Å²) in [5, 5.41) is 0. The summed E-state index contributed by atoms with van der Waals surface area (Å²) in [6.07, 6.45) is 2.24. The smallest absolute Gasteiger partial charge is 0.0150 e. The van der Waals surface area contributed by atoms with Crippen LogP contribution >= 0.6 is 0 Å². The normalized spacial score (nSPS) is 17.5. The second-order valence-corrected chi connectivity index (χ2v) is 4.84. The van der Waals surface area contributed by atoms with Gasteiger partial charge in [0.25, 0.3) is 0 Å². The Kier molecular flexibility index (Phi) is 4.93. The molecule has 0 rings (SSSR count). The van der Waals surface area contributed by atoms with Crippen LogP contribution in [-0.4, -0.2) is 29.6 Å². The SMILES string of the molecule is CCC(C)(C)N(C)C(C)CC(C)N. The second kappa shape index (κ2) is 4.97. The molecule has 0 heterocycles. The summed E-state index contributed by atoms with van der Waals surface area (Å²) >= 11 is 0. The van der Waals surface area contributed by atoms with E-state index in [2.05, 4.69) is 46.6 Å². The summed E-state index contributed by atoms with van der Waals surface area (Å²) in [4.78, 5) is 2.43. The molecule has 13 heavy (non-hydrogen) atoms. The molecular weight excluding hydrogens is 160 g/mol. The number of hydrogen-bond acceptors (Lipinski definition) is 2. The fraction of sp³-hybridized carbons (Fsp3) is 1.00.